The molecule has 0 saturated carbocycles. The number of methoxy groups -OCH3 is 3. The fourth-order valence-corrected chi connectivity index (χ4v) is 4.08. The number of nitrogens with zero attached hydrogens (tertiary/aromatic N) is 3. The molecule has 9 nitrogen and oxygen atoms in total. The van der Waals surface area contributed by atoms with E-state index in [0.29, 0.717) is 39.9 Å². The van der Waals surface area contributed by atoms with Crippen LogP contribution in [-0.2, 0) is 5.75 Å². The van der Waals surface area contributed by atoms with Crippen LogP contribution in [-0.4, -0.2) is 47.4 Å². The summed E-state index contributed by atoms with van der Waals surface area (Å²) in [6.45, 7) is 0. The minimum Gasteiger partial charge on any atom is -0.493 e. The number of H-pyrrole nitrogens is 1. The average molecular weight is 452 g/mol. The third kappa shape index (κ3) is 4.45. The average Bonchev–Trinajstić information content (AvgIpc) is 3.31. The first-order chi connectivity index (χ1) is 15.6. The lowest BCUT2D eigenvalue weighted by atomic mass is 10.1. The Kier molecular flexibility index (Phi) is 6.41. The van der Waals surface area contributed by atoms with Crippen molar-refractivity contribution in [3.63, 3.8) is 0 Å². The van der Waals surface area contributed by atoms with E-state index < -0.39 is 0 Å². The maximum atomic E-state index is 12.9. The number of benzene rings is 2. The Morgan fingerprint density at radius 2 is 1.84 bits per heavy atom. The Morgan fingerprint density at radius 3 is 2.56 bits per heavy atom. The molecule has 4 rings (SSSR count). The van der Waals surface area contributed by atoms with Gasteiger partial charge in [0.2, 0.25) is 5.75 Å². The number of aromatic amines is 1. The first-order valence-electron chi connectivity index (χ1n) is 9.60. The summed E-state index contributed by atoms with van der Waals surface area (Å²) in [5.41, 5.74) is 2.75. The topological polar surface area (TPSA) is 111 Å². The van der Waals surface area contributed by atoms with E-state index in [1.165, 1.54) is 27.7 Å². The van der Waals surface area contributed by atoms with Crippen LogP contribution in [0, 0.1) is 0 Å². The number of amides is 1. The Hall–Kier alpha value is -3.79. The van der Waals surface area contributed by atoms with Crippen molar-refractivity contribution in [2.24, 2.45) is 0 Å². The van der Waals surface area contributed by atoms with Crippen LogP contribution in [0.4, 0.5) is 5.69 Å². The number of aromatic nitrogens is 4. The Bertz CT molecular complexity index is 1240. The molecule has 2 N–H and O–H groups in total. The number of nitrogens with one attached hydrogen (secondary N) is 2. The Labute approximate surface area is 188 Å². The third-order valence-corrected chi connectivity index (χ3v) is 5.78. The van der Waals surface area contributed by atoms with Gasteiger partial charge in [0.1, 0.15) is 11.4 Å². The van der Waals surface area contributed by atoms with Gasteiger partial charge in [-0.15, -0.1) is 11.8 Å². The summed E-state index contributed by atoms with van der Waals surface area (Å²) in [7, 11) is 4.58. The highest BCUT2D eigenvalue weighted by molar-refractivity contribution is 7.98. The molecule has 2 aromatic heterocycles. The van der Waals surface area contributed by atoms with E-state index >= 15 is 0 Å². The molecule has 0 bridgehead atoms. The van der Waals surface area contributed by atoms with Crippen molar-refractivity contribution >= 4 is 34.4 Å². The van der Waals surface area contributed by atoms with Gasteiger partial charge in [-0.1, -0.05) is 12.1 Å². The third-order valence-electron chi connectivity index (χ3n) is 4.70. The predicted molar refractivity (Wildman–Crippen MR) is 122 cm³/mol. The zero-order chi connectivity index (χ0) is 22.5. The summed E-state index contributed by atoms with van der Waals surface area (Å²) in [5, 5.41) is 11.4. The number of ether oxygens (including phenoxy) is 3. The second-order valence-corrected chi connectivity index (χ2v) is 7.63. The minimum atomic E-state index is -0.245. The maximum Gasteiger partial charge on any atom is 0.255 e. The monoisotopic (exact) mass is 451 g/mol. The highest BCUT2D eigenvalue weighted by atomic mass is 32.2. The highest BCUT2D eigenvalue weighted by Gasteiger charge is 2.15. The van der Waals surface area contributed by atoms with E-state index in [4.69, 9.17) is 14.2 Å². The van der Waals surface area contributed by atoms with Crippen LogP contribution < -0.4 is 19.5 Å². The summed E-state index contributed by atoms with van der Waals surface area (Å²) in [6.07, 6.45) is 3.21. The molecule has 0 atom stereocenters. The van der Waals surface area contributed by atoms with Gasteiger partial charge in [0.25, 0.3) is 5.91 Å². The Morgan fingerprint density at radius 1 is 1.06 bits per heavy atom. The molecule has 2 heterocycles. The van der Waals surface area contributed by atoms with Gasteiger partial charge in [-0.05, 0) is 17.7 Å². The number of carbonyl (C=O) groups is 1. The number of hydrogen-bond donors (Lipinski definition) is 2. The number of anilines is 1. The zero-order valence-electron chi connectivity index (χ0n) is 17.7. The second-order valence-electron chi connectivity index (χ2n) is 6.67. The van der Waals surface area contributed by atoms with E-state index in [-0.39, 0.29) is 5.91 Å². The van der Waals surface area contributed by atoms with Crippen molar-refractivity contribution in [1.29, 1.82) is 0 Å². The molecule has 0 spiro atoms. The predicted octanol–water partition coefficient (Wildman–Crippen LogP) is 3.92. The van der Waals surface area contributed by atoms with Crippen LogP contribution in [0.1, 0.15) is 15.9 Å². The molecule has 0 unspecified atom stereocenters. The molecule has 0 saturated heterocycles. The molecule has 0 aliphatic heterocycles. The molecule has 0 aliphatic carbocycles. The zero-order valence-corrected chi connectivity index (χ0v) is 18.5. The quantitative estimate of drug-likeness (QED) is 0.306. The first kappa shape index (κ1) is 21.4. The summed E-state index contributed by atoms with van der Waals surface area (Å²) in [4.78, 5) is 21.4. The van der Waals surface area contributed by atoms with Crippen LogP contribution in [0.2, 0.25) is 0 Å². The Balaban J connectivity index is 1.49. The van der Waals surface area contributed by atoms with Gasteiger partial charge in [-0.3, -0.25) is 9.89 Å². The van der Waals surface area contributed by atoms with Crippen LogP contribution in [0.15, 0.2) is 53.9 Å². The summed E-state index contributed by atoms with van der Waals surface area (Å²) in [5.74, 6) is 1.78. The van der Waals surface area contributed by atoms with E-state index in [1.807, 2.05) is 18.2 Å². The first-order valence-corrected chi connectivity index (χ1v) is 10.6. The normalized spacial score (nSPS) is 10.7. The lowest BCUT2D eigenvalue weighted by Gasteiger charge is -2.14. The minimum absolute atomic E-state index is 0.245. The van der Waals surface area contributed by atoms with Gasteiger partial charge in [-0.25, -0.2) is 9.97 Å². The number of rotatable bonds is 8. The van der Waals surface area contributed by atoms with Gasteiger partial charge in [0, 0.05) is 29.1 Å². The SMILES string of the molecule is COc1cc(NC(=O)c2cccc(CSc3ncnc4[nH]ncc34)c2)cc(OC)c1OC. The molecular weight excluding hydrogens is 430 g/mol. The molecule has 0 aliphatic rings. The van der Waals surface area contributed by atoms with Crippen molar-refractivity contribution < 1.29 is 19.0 Å². The van der Waals surface area contributed by atoms with Gasteiger partial charge in [0.05, 0.1) is 32.9 Å². The molecule has 4 aromatic rings. The van der Waals surface area contributed by atoms with E-state index in [1.54, 1.807) is 36.2 Å². The summed E-state index contributed by atoms with van der Waals surface area (Å²) >= 11 is 1.56. The molecular formula is C22H21N5O4S. The van der Waals surface area contributed by atoms with Crippen molar-refractivity contribution in [3.05, 3.63) is 60.0 Å². The van der Waals surface area contributed by atoms with Crippen LogP contribution in [0.5, 0.6) is 17.2 Å². The number of carbonyl (C=O) groups excluding carboxylic acids is 1. The molecule has 2 aromatic carbocycles. The molecule has 164 valence electrons. The second kappa shape index (κ2) is 9.56. The van der Waals surface area contributed by atoms with Gasteiger partial charge < -0.3 is 19.5 Å². The number of fused-ring (bicyclic) bond motifs is 1. The van der Waals surface area contributed by atoms with Crippen molar-refractivity contribution in [2.45, 2.75) is 10.8 Å². The van der Waals surface area contributed by atoms with Crippen molar-refractivity contribution in [1.82, 2.24) is 20.2 Å². The van der Waals surface area contributed by atoms with Crippen LogP contribution >= 0.6 is 11.8 Å². The molecule has 10 heteroatoms. The lowest BCUT2D eigenvalue weighted by Crippen LogP contribution is -2.12. The maximum absolute atomic E-state index is 12.9. The lowest BCUT2D eigenvalue weighted by molar-refractivity contribution is 0.102. The number of hydrogen-bond acceptors (Lipinski definition) is 8. The standard InChI is InChI=1S/C22H21N5O4S/c1-29-17-8-15(9-18(30-2)19(17)31-3)26-21(28)14-6-4-5-13(7-14)11-32-22-16-10-25-27-20(16)23-12-24-22/h4-10,12H,11H2,1-3H3,(H,26,28)(H,23,24,25,27). The largest absolute Gasteiger partial charge is 0.493 e. The molecule has 1 amide bonds. The summed E-state index contributed by atoms with van der Waals surface area (Å²) < 4.78 is 16.0. The van der Waals surface area contributed by atoms with E-state index in [0.717, 1.165) is 16.0 Å². The highest BCUT2D eigenvalue weighted by Crippen LogP contribution is 2.40. The van der Waals surface area contributed by atoms with Crippen molar-refractivity contribution in [3.8, 4) is 17.2 Å². The summed E-state index contributed by atoms with van der Waals surface area (Å²) in [6, 6.07) is 10.8. The van der Waals surface area contributed by atoms with E-state index in [9.17, 15) is 4.79 Å². The molecule has 0 fully saturated rings. The van der Waals surface area contributed by atoms with E-state index in [2.05, 4.69) is 25.5 Å². The van der Waals surface area contributed by atoms with Gasteiger partial charge in [-0.2, -0.15) is 5.10 Å². The fourth-order valence-electron chi connectivity index (χ4n) is 3.17. The molecule has 0 radical (unpaired) electrons. The van der Waals surface area contributed by atoms with Crippen molar-refractivity contribution in [2.75, 3.05) is 26.6 Å². The van der Waals surface area contributed by atoms with Crippen LogP contribution in [0.25, 0.3) is 11.0 Å². The van der Waals surface area contributed by atoms with Crippen LogP contribution in [0.3, 0.4) is 0 Å². The smallest absolute Gasteiger partial charge is 0.255 e. The molecule has 32 heavy (non-hydrogen) atoms. The van der Waals surface area contributed by atoms with Gasteiger partial charge in [0.15, 0.2) is 17.1 Å². The fraction of sp³-hybridized carbons (Fsp3) is 0.182. The number of thioether (sulfide) groups is 1. The van der Waals surface area contributed by atoms with Gasteiger partial charge >= 0.3 is 0 Å².